The normalized spacial score (nSPS) is 11.4. The van der Waals surface area contributed by atoms with Crippen LogP contribution in [0, 0.1) is 11.2 Å². The van der Waals surface area contributed by atoms with Crippen LogP contribution in [0.3, 0.4) is 0 Å². The van der Waals surface area contributed by atoms with Crippen molar-refractivity contribution in [2.45, 2.75) is 27.3 Å². The van der Waals surface area contributed by atoms with Crippen LogP contribution in [0.1, 0.15) is 26.5 Å². The molecule has 0 aliphatic carbocycles. The summed E-state index contributed by atoms with van der Waals surface area (Å²) in [6, 6.07) is 10.3. The first-order chi connectivity index (χ1) is 12.4. The maximum atomic E-state index is 13.3. The van der Waals surface area contributed by atoms with Crippen molar-refractivity contribution in [1.82, 2.24) is 20.5 Å². The van der Waals surface area contributed by atoms with Gasteiger partial charge in [-0.15, -0.1) is 0 Å². The van der Waals surface area contributed by atoms with Crippen LogP contribution in [0.2, 0.25) is 0 Å². The van der Waals surface area contributed by atoms with Crippen molar-refractivity contribution in [2.24, 2.45) is 5.41 Å². The summed E-state index contributed by atoms with van der Waals surface area (Å²) in [6.07, 6.45) is 3.50. The minimum absolute atomic E-state index is 0.0311. The third-order valence-electron chi connectivity index (χ3n) is 4.31. The van der Waals surface area contributed by atoms with Gasteiger partial charge in [0.2, 0.25) is 0 Å². The van der Waals surface area contributed by atoms with Crippen LogP contribution in [0.15, 0.2) is 61.1 Å². The molecule has 0 amide bonds. The monoisotopic (exact) mass is 350 g/mol. The summed E-state index contributed by atoms with van der Waals surface area (Å²) in [5, 5.41) is 11.0. The number of allylic oxidation sites excluding steroid dienone is 1. The van der Waals surface area contributed by atoms with E-state index in [1.54, 1.807) is 24.5 Å². The number of nitrogens with one attached hydrogen (secondary N) is 2. The molecule has 0 saturated carbocycles. The van der Waals surface area contributed by atoms with Crippen molar-refractivity contribution in [3.63, 3.8) is 0 Å². The molecule has 0 aliphatic heterocycles. The molecule has 0 saturated heterocycles. The molecule has 0 radical (unpaired) electrons. The molecule has 134 valence electrons. The number of H-pyrrole nitrogens is 1. The molecule has 1 aromatic carbocycles. The summed E-state index contributed by atoms with van der Waals surface area (Å²) >= 11 is 0. The first-order valence-electron chi connectivity index (χ1n) is 8.53. The van der Waals surface area contributed by atoms with Crippen molar-refractivity contribution in [1.29, 1.82) is 0 Å². The van der Waals surface area contributed by atoms with E-state index >= 15 is 0 Å². The largest absolute Gasteiger partial charge is 0.383 e. The number of aromatic nitrogens is 3. The van der Waals surface area contributed by atoms with Crippen molar-refractivity contribution in [3.05, 3.63) is 72.6 Å². The number of hydrogen-bond donors (Lipinski definition) is 2. The number of pyridine rings is 1. The van der Waals surface area contributed by atoms with Gasteiger partial charge in [0, 0.05) is 34.6 Å². The molecule has 2 N–H and O–H groups in total. The highest BCUT2D eigenvalue weighted by Crippen LogP contribution is 2.33. The molecule has 3 rings (SSSR count). The van der Waals surface area contributed by atoms with Crippen LogP contribution >= 0.6 is 0 Å². The van der Waals surface area contributed by atoms with Crippen LogP contribution in [-0.4, -0.2) is 15.2 Å². The maximum absolute atomic E-state index is 13.3. The van der Waals surface area contributed by atoms with Crippen LogP contribution in [0.4, 0.5) is 4.39 Å². The van der Waals surface area contributed by atoms with Gasteiger partial charge >= 0.3 is 0 Å². The molecule has 2 heterocycles. The number of aromatic amines is 1. The predicted molar refractivity (Wildman–Crippen MR) is 103 cm³/mol. The Bertz CT molecular complexity index is 890. The van der Waals surface area contributed by atoms with Gasteiger partial charge in [-0.3, -0.25) is 10.1 Å². The van der Waals surface area contributed by atoms with Gasteiger partial charge < -0.3 is 5.32 Å². The molecular weight excluding hydrogens is 327 g/mol. The lowest BCUT2D eigenvalue weighted by Crippen LogP contribution is -2.23. The van der Waals surface area contributed by atoms with Gasteiger partial charge in [-0.05, 0) is 42.0 Å². The van der Waals surface area contributed by atoms with E-state index in [2.05, 4.69) is 47.8 Å². The Morgan fingerprint density at radius 3 is 2.35 bits per heavy atom. The van der Waals surface area contributed by atoms with Crippen molar-refractivity contribution >= 4 is 0 Å². The number of benzene rings is 1. The third kappa shape index (κ3) is 3.82. The highest BCUT2D eigenvalue weighted by atomic mass is 19.1. The standard InChI is InChI=1S/C21H23FN4/c1-14(21(2,3)4)24-13-18-19(15-9-11-23-12-10-15)20(26-25-18)16-5-7-17(22)8-6-16/h5-12,24H,1,13H2,2-4H3,(H,25,26). The molecule has 0 bridgehead atoms. The highest BCUT2D eigenvalue weighted by molar-refractivity contribution is 5.82. The van der Waals surface area contributed by atoms with Crippen LogP contribution in [0.25, 0.3) is 22.4 Å². The highest BCUT2D eigenvalue weighted by Gasteiger charge is 2.19. The van der Waals surface area contributed by atoms with E-state index in [4.69, 9.17) is 0 Å². The van der Waals surface area contributed by atoms with E-state index in [0.717, 1.165) is 33.8 Å². The van der Waals surface area contributed by atoms with Gasteiger partial charge in [0.15, 0.2) is 0 Å². The van der Waals surface area contributed by atoms with Crippen LogP contribution < -0.4 is 5.32 Å². The second kappa shape index (κ2) is 7.12. The van der Waals surface area contributed by atoms with Gasteiger partial charge in [0.05, 0.1) is 12.2 Å². The number of hydrogen-bond acceptors (Lipinski definition) is 3. The first kappa shape index (κ1) is 17.9. The predicted octanol–water partition coefficient (Wildman–Crippen LogP) is 4.93. The fraction of sp³-hybridized carbons (Fsp3) is 0.238. The SMILES string of the molecule is C=C(NCc1[nH]nc(-c2ccc(F)cc2)c1-c1ccncc1)C(C)(C)C. The van der Waals surface area contributed by atoms with E-state index in [1.807, 2.05) is 12.1 Å². The minimum atomic E-state index is -0.266. The van der Waals surface area contributed by atoms with Crippen molar-refractivity contribution in [2.75, 3.05) is 0 Å². The van der Waals surface area contributed by atoms with Gasteiger partial charge in [0.1, 0.15) is 11.5 Å². The zero-order valence-electron chi connectivity index (χ0n) is 15.3. The molecule has 4 nitrogen and oxygen atoms in total. The summed E-state index contributed by atoms with van der Waals surface area (Å²) in [5.41, 5.74) is 5.50. The number of halogens is 1. The molecular formula is C21H23FN4. The van der Waals surface area contributed by atoms with E-state index in [1.165, 1.54) is 12.1 Å². The van der Waals surface area contributed by atoms with Crippen LogP contribution in [-0.2, 0) is 6.54 Å². The number of nitrogens with zero attached hydrogens (tertiary/aromatic N) is 2. The molecule has 0 unspecified atom stereocenters. The summed E-state index contributed by atoms with van der Waals surface area (Å²) < 4.78 is 13.3. The molecule has 0 atom stereocenters. The smallest absolute Gasteiger partial charge is 0.123 e. The minimum Gasteiger partial charge on any atom is -0.383 e. The third-order valence-corrected chi connectivity index (χ3v) is 4.31. The first-order valence-corrected chi connectivity index (χ1v) is 8.53. The average Bonchev–Trinajstić information content (AvgIpc) is 3.04. The lowest BCUT2D eigenvalue weighted by Gasteiger charge is -2.23. The van der Waals surface area contributed by atoms with Gasteiger partial charge in [-0.25, -0.2) is 4.39 Å². The molecule has 0 fully saturated rings. The Labute approximate surface area is 153 Å². The molecule has 2 aromatic heterocycles. The van der Waals surface area contributed by atoms with Gasteiger partial charge in [0.25, 0.3) is 0 Å². The summed E-state index contributed by atoms with van der Waals surface area (Å²) in [4.78, 5) is 4.10. The Morgan fingerprint density at radius 1 is 1.08 bits per heavy atom. The van der Waals surface area contributed by atoms with E-state index in [0.29, 0.717) is 6.54 Å². The zero-order chi connectivity index (χ0) is 18.7. The van der Waals surface area contributed by atoms with E-state index in [9.17, 15) is 4.39 Å². The second-order valence-electron chi connectivity index (χ2n) is 7.25. The summed E-state index contributed by atoms with van der Waals surface area (Å²) in [7, 11) is 0. The molecule has 3 aromatic rings. The fourth-order valence-corrected chi connectivity index (χ4v) is 2.61. The molecule has 26 heavy (non-hydrogen) atoms. The summed E-state index contributed by atoms with van der Waals surface area (Å²) in [5.74, 6) is -0.266. The maximum Gasteiger partial charge on any atom is 0.123 e. The Kier molecular flexibility index (Phi) is 4.89. The molecule has 0 aliphatic rings. The van der Waals surface area contributed by atoms with Gasteiger partial charge in [-0.2, -0.15) is 5.10 Å². The summed E-state index contributed by atoms with van der Waals surface area (Å²) in [6.45, 7) is 11.0. The lowest BCUT2D eigenvalue weighted by atomic mass is 9.92. The Balaban J connectivity index is 2.00. The zero-order valence-corrected chi connectivity index (χ0v) is 15.3. The Hall–Kier alpha value is -2.95. The van der Waals surface area contributed by atoms with E-state index < -0.39 is 0 Å². The Morgan fingerprint density at radius 2 is 1.73 bits per heavy atom. The van der Waals surface area contributed by atoms with Crippen LogP contribution in [0.5, 0.6) is 0 Å². The quantitative estimate of drug-likeness (QED) is 0.686. The molecule has 0 spiro atoms. The fourth-order valence-electron chi connectivity index (χ4n) is 2.61. The van der Waals surface area contributed by atoms with Crippen molar-refractivity contribution < 1.29 is 4.39 Å². The van der Waals surface area contributed by atoms with Crippen molar-refractivity contribution in [3.8, 4) is 22.4 Å². The lowest BCUT2D eigenvalue weighted by molar-refractivity contribution is 0.460. The molecule has 5 heteroatoms. The second-order valence-corrected chi connectivity index (χ2v) is 7.25. The van der Waals surface area contributed by atoms with Gasteiger partial charge in [-0.1, -0.05) is 27.4 Å². The average molecular weight is 350 g/mol. The number of rotatable bonds is 5. The topological polar surface area (TPSA) is 53.6 Å². The van der Waals surface area contributed by atoms with E-state index in [-0.39, 0.29) is 11.2 Å².